The maximum Gasteiger partial charge on any atom is 0.411 e. The van der Waals surface area contributed by atoms with Gasteiger partial charge in [-0.1, -0.05) is 18.2 Å². The molecule has 0 radical (unpaired) electrons. The number of carboxylic acid groups (broad SMARTS) is 1. The third-order valence-electron chi connectivity index (χ3n) is 6.87. The van der Waals surface area contributed by atoms with Gasteiger partial charge in [-0.25, -0.2) is 4.79 Å². The first-order chi connectivity index (χ1) is 17.5. The molecule has 0 fully saturated rings. The molecule has 0 atom stereocenters. The fraction of sp³-hybridized carbons (Fsp3) is 0.321. The van der Waals surface area contributed by atoms with Crippen LogP contribution in [-0.2, 0) is 24.1 Å². The Morgan fingerprint density at radius 3 is 2.75 bits per heavy atom. The molecule has 0 unspecified atom stereocenters. The quantitative estimate of drug-likeness (QED) is 0.285. The topological polar surface area (TPSA) is 110 Å². The molecule has 0 spiro atoms. The van der Waals surface area contributed by atoms with E-state index in [4.69, 9.17) is 4.98 Å². The summed E-state index contributed by atoms with van der Waals surface area (Å²) in [6.45, 7) is 2.81. The molecule has 2 amide bonds. The zero-order chi connectivity index (χ0) is 25.1. The minimum absolute atomic E-state index is 0.0664. The summed E-state index contributed by atoms with van der Waals surface area (Å²) in [6, 6.07) is 13.8. The minimum Gasteiger partial charge on any atom is -0.465 e. The number of amides is 2. The minimum atomic E-state index is -0.993. The Kier molecular flexibility index (Phi) is 6.75. The van der Waals surface area contributed by atoms with Crippen molar-refractivity contribution in [2.45, 2.75) is 39.0 Å². The highest BCUT2D eigenvalue weighted by molar-refractivity contribution is 5.94. The van der Waals surface area contributed by atoms with Gasteiger partial charge in [0.15, 0.2) is 0 Å². The number of aryl methyl sites for hydroxylation is 1. The lowest BCUT2D eigenvalue weighted by atomic mass is 9.92. The van der Waals surface area contributed by atoms with Gasteiger partial charge in [-0.15, -0.1) is 0 Å². The summed E-state index contributed by atoms with van der Waals surface area (Å²) in [6.07, 6.45) is 5.86. The lowest BCUT2D eigenvalue weighted by molar-refractivity contribution is -0.118. The Bertz CT molecular complexity index is 1430. The Morgan fingerprint density at radius 2 is 1.92 bits per heavy atom. The van der Waals surface area contributed by atoms with E-state index in [1.165, 1.54) is 17.4 Å². The van der Waals surface area contributed by atoms with Gasteiger partial charge >= 0.3 is 6.09 Å². The highest BCUT2D eigenvalue weighted by atomic mass is 16.4. The molecule has 8 heteroatoms. The summed E-state index contributed by atoms with van der Waals surface area (Å²) >= 11 is 0. The number of anilines is 2. The van der Waals surface area contributed by atoms with Crippen LogP contribution in [0.1, 0.15) is 36.6 Å². The van der Waals surface area contributed by atoms with Crippen LogP contribution in [0.15, 0.2) is 48.7 Å². The SMILES string of the molecule is CC(=O)NCCc1c[nH]c2ccc(N(CCNc3c4c(nc5ccccc35)CCCC4)C(=O)O)cc12. The predicted molar refractivity (Wildman–Crippen MR) is 143 cm³/mol. The zero-order valence-electron chi connectivity index (χ0n) is 20.4. The van der Waals surface area contributed by atoms with Crippen molar-refractivity contribution in [2.24, 2.45) is 0 Å². The standard InChI is InChI=1S/C28H31N5O3/c1-18(34)29-13-12-19-17-31-24-11-10-20(16-23(19)24)33(28(35)36)15-14-30-27-21-6-2-4-8-25(21)32-26-9-5-3-7-22(26)27/h2,4,6,8,10-11,16-17,31H,3,5,7,9,12-15H2,1H3,(H,29,34)(H,30,32)(H,35,36). The Balaban J connectivity index is 1.36. The largest absolute Gasteiger partial charge is 0.465 e. The van der Waals surface area contributed by atoms with E-state index >= 15 is 0 Å². The van der Waals surface area contributed by atoms with Gasteiger partial charge in [0.2, 0.25) is 5.91 Å². The summed E-state index contributed by atoms with van der Waals surface area (Å²) in [4.78, 5) is 32.9. The number of fused-ring (bicyclic) bond motifs is 3. The van der Waals surface area contributed by atoms with Crippen molar-refractivity contribution in [3.63, 3.8) is 0 Å². The van der Waals surface area contributed by atoms with Crippen LogP contribution >= 0.6 is 0 Å². The van der Waals surface area contributed by atoms with Crippen LogP contribution in [-0.4, -0.2) is 46.7 Å². The number of rotatable bonds is 8. The summed E-state index contributed by atoms with van der Waals surface area (Å²) in [5.74, 6) is -0.0664. The second kappa shape index (κ2) is 10.3. The lowest BCUT2D eigenvalue weighted by Gasteiger charge is -2.24. The summed E-state index contributed by atoms with van der Waals surface area (Å²) in [5.41, 5.74) is 7.08. The van der Waals surface area contributed by atoms with E-state index in [9.17, 15) is 14.7 Å². The first kappa shape index (κ1) is 23.7. The van der Waals surface area contributed by atoms with Crippen LogP contribution in [0.25, 0.3) is 21.8 Å². The van der Waals surface area contributed by atoms with Crippen molar-refractivity contribution >= 4 is 45.2 Å². The number of benzene rings is 2. The normalized spacial score (nSPS) is 12.9. The summed E-state index contributed by atoms with van der Waals surface area (Å²) in [5, 5.41) is 18.4. The second-order valence-corrected chi connectivity index (χ2v) is 9.27. The van der Waals surface area contributed by atoms with E-state index in [0.717, 1.165) is 64.4 Å². The molecule has 0 bridgehead atoms. The average molecular weight is 486 g/mol. The van der Waals surface area contributed by atoms with Gasteiger partial charge in [0.05, 0.1) is 5.52 Å². The molecular weight excluding hydrogens is 454 g/mol. The van der Waals surface area contributed by atoms with Gasteiger partial charge in [-0.05, 0) is 67.5 Å². The monoisotopic (exact) mass is 485 g/mol. The molecule has 5 rings (SSSR count). The molecule has 0 saturated carbocycles. The first-order valence-electron chi connectivity index (χ1n) is 12.5. The van der Waals surface area contributed by atoms with E-state index < -0.39 is 6.09 Å². The van der Waals surface area contributed by atoms with Crippen LogP contribution in [0.3, 0.4) is 0 Å². The molecule has 2 aromatic heterocycles. The van der Waals surface area contributed by atoms with E-state index in [1.54, 1.807) is 0 Å². The number of nitrogens with zero attached hydrogens (tertiary/aromatic N) is 2. The molecule has 4 aromatic rings. The number of carbonyl (C=O) groups excluding carboxylic acids is 1. The maximum absolute atomic E-state index is 12.2. The molecule has 1 aliphatic rings. The Hall–Kier alpha value is -4.07. The van der Waals surface area contributed by atoms with Gasteiger partial charge in [-0.2, -0.15) is 0 Å². The van der Waals surface area contributed by atoms with Crippen molar-refractivity contribution in [3.05, 3.63) is 65.5 Å². The highest BCUT2D eigenvalue weighted by Gasteiger charge is 2.20. The molecule has 4 N–H and O–H groups in total. The van der Waals surface area contributed by atoms with Crippen molar-refractivity contribution in [1.29, 1.82) is 0 Å². The fourth-order valence-electron chi connectivity index (χ4n) is 5.12. The van der Waals surface area contributed by atoms with Gasteiger partial charge in [0.1, 0.15) is 0 Å². The number of aromatic amines is 1. The van der Waals surface area contributed by atoms with Crippen LogP contribution in [0.5, 0.6) is 0 Å². The first-order valence-corrected chi connectivity index (χ1v) is 12.5. The molecule has 0 aliphatic heterocycles. The maximum atomic E-state index is 12.2. The van der Waals surface area contributed by atoms with Gasteiger partial charge in [0, 0.05) is 66.1 Å². The highest BCUT2D eigenvalue weighted by Crippen LogP contribution is 2.33. The van der Waals surface area contributed by atoms with Crippen molar-refractivity contribution in [3.8, 4) is 0 Å². The molecule has 186 valence electrons. The van der Waals surface area contributed by atoms with E-state index in [-0.39, 0.29) is 5.91 Å². The molecule has 2 heterocycles. The number of hydrogen-bond acceptors (Lipinski definition) is 4. The van der Waals surface area contributed by atoms with Crippen LogP contribution in [0, 0.1) is 0 Å². The number of pyridine rings is 1. The summed E-state index contributed by atoms with van der Waals surface area (Å²) in [7, 11) is 0. The lowest BCUT2D eigenvalue weighted by Crippen LogP contribution is -2.34. The third kappa shape index (κ3) is 4.84. The second-order valence-electron chi connectivity index (χ2n) is 9.27. The smallest absolute Gasteiger partial charge is 0.411 e. The van der Waals surface area contributed by atoms with Crippen LogP contribution in [0.4, 0.5) is 16.2 Å². The van der Waals surface area contributed by atoms with Crippen molar-refractivity contribution in [1.82, 2.24) is 15.3 Å². The van der Waals surface area contributed by atoms with E-state index in [1.807, 2.05) is 42.6 Å². The molecule has 1 aliphatic carbocycles. The van der Waals surface area contributed by atoms with Gasteiger partial charge in [-0.3, -0.25) is 14.7 Å². The Labute approximate surface area is 209 Å². The number of aromatic nitrogens is 2. The van der Waals surface area contributed by atoms with Crippen LogP contribution in [0.2, 0.25) is 0 Å². The van der Waals surface area contributed by atoms with Crippen molar-refractivity contribution < 1.29 is 14.7 Å². The molecular formula is C28H31N5O3. The molecule has 2 aromatic carbocycles. The van der Waals surface area contributed by atoms with Crippen molar-refractivity contribution in [2.75, 3.05) is 29.9 Å². The fourth-order valence-corrected chi connectivity index (χ4v) is 5.12. The van der Waals surface area contributed by atoms with Gasteiger partial charge in [0.25, 0.3) is 0 Å². The Morgan fingerprint density at radius 1 is 1.08 bits per heavy atom. The average Bonchev–Trinajstić information content (AvgIpc) is 3.27. The summed E-state index contributed by atoms with van der Waals surface area (Å²) < 4.78 is 0. The van der Waals surface area contributed by atoms with Crippen LogP contribution < -0.4 is 15.5 Å². The van der Waals surface area contributed by atoms with E-state index in [2.05, 4.69) is 21.7 Å². The zero-order valence-corrected chi connectivity index (χ0v) is 20.4. The molecule has 36 heavy (non-hydrogen) atoms. The molecule has 8 nitrogen and oxygen atoms in total. The number of nitrogens with one attached hydrogen (secondary N) is 3. The number of carbonyl (C=O) groups is 2. The number of hydrogen-bond donors (Lipinski definition) is 4. The number of H-pyrrole nitrogens is 1. The molecule has 0 saturated heterocycles. The predicted octanol–water partition coefficient (Wildman–Crippen LogP) is 4.87. The third-order valence-corrected chi connectivity index (χ3v) is 6.87. The van der Waals surface area contributed by atoms with E-state index in [0.29, 0.717) is 31.7 Å². The van der Waals surface area contributed by atoms with Gasteiger partial charge < -0.3 is 20.7 Å². The number of para-hydroxylation sites is 1.